The standard InChI is InChI=1S/C14H9BN4/c15-18-8-17-7-9-3-1-4-10-11-5-2-6-16-13(11)19(18)14(17)12(9)10/h1-6,8H,7H2/q+2. The predicted octanol–water partition coefficient (Wildman–Crippen LogP) is 0.509. The molecule has 19 heavy (non-hydrogen) atoms. The maximum absolute atomic E-state index is 6.08. The molecule has 1 aliphatic heterocycles. The average Bonchev–Trinajstić information content (AvgIpc) is 2.94. The highest BCUT2D eigenvalue weighted by Crippen LogP contribution is 2.31. The van der Waals surface area contributed by atoms with E-state index in [-0.39, 0.29) is 0 Å². The van der Waals surface area contributed by atoms with E-state index in [0.717, 1.165) is 23.2 Å². The van der Waals surface area contributed by atoms with E-state index in [1.807, 2.05) is 16.9 Å². The van der Waals surface area contributed by atoms with E-state index in [1.54, 1.807) is 10.8 Å². The van der Waals surface area contributed by atoms with E-state index in [2.05, 4.69) is 33.8 Å². The Labute approximate surface area is 109 Å². The lowest BCUT2D eigenvalue weighted by molar-refractivity contribution is -0.730. The fraction of sp³-hybridized carbons (Fsp3) is 0.0714. The number of fused-ring (bicyclic) bond motifs is 3. The molecule has 0 N–H and O–H groups in total. The van der Waals surface area contributed by atoms with E-state index in [4.69, 9.17) is 7.98 Å². The van der Waals surface area contributed by atoms with Crippen molar-refractivity contribution in [1.29, 1.82) is 0 Å². The molecule has 1 aromatic carbocycles. The van der Waals surface area contributed by atoms with Crippen molar-refractivity contribution in [3.05, 3.63) is 48.4 Å². The van der Waals surface area contributed by atoms with Gasteiger partial charge in [-0.05, 0) is 12.1 Å². The Morgan fingerprint density at radius 2 is 2.05 bits per heavy atom. The first-order valence-corrected chi connectivity index (χ1v) is 6.25. The van der Waals surface area contributed by atoms with Gasteiger partial charge in [-0.3, -0.25) is 0 Å². The van der Waals surface area contributed by atoms with Gasteiger partial charge in [-0.2, -0.15) is 0 Å². The Morgan fingerprint density at radius 3 is 3.00 bits per heavy atom. The second-order valence-electron chi connectivity index (χ2n) is 4.97. The number of benzene rings is 1. The fourth-order valence-electron chi connectivity index (χ4n) is 3.23. The molecule has 4 nitrogen and oxygen atoms in total. The first-order valence-electron chi connectivity index (χ1n) is 6.25. The molecule has 0 atom stereocenters. The first-order chi connectivity index (χ1) is 9.34. The normalized spacial score (nSPS) is 13.3. The summed E-state index contributed by atoms with van der Waals surface area (Å²) in [6.07, 6.45) is 3.72. The molecular formula is C14H9BN4+2. The molecule has 0 spiro atoms. The Kier molecular flexibility index (Phi) is 1.47. The van der Waals surface area contributed by atoms with Crippen molar-refractivity contribution in [2.75, 3.05) is 0 Å². The molecule has 0 unspecified atom stereocenters. The third-order valence-electron chi connectivity index (χ3n) is 3.95. The molecular weight excluding hydrogens is 235 g/mol. The molecule has 0 saturated heterocycles. The summed E-state index contributed by atoms with van der Waals surface area (Å²) in [5, 5.41) is 3.67. The monoisotopic (exact) mass is 244 g/mol. The molecule has 5 heteroatoms. The summed E-state index contributed by atoms with van der Waals surface area (Å²) >= 11 is 0. The quantitative estimate of drug-likeness (QED) is 0.221. The highest BCUT2D eigenvalue weighted by Gasteiger charge is 2.33. The second kappa shape index (κ2) is 2.94. The SMILES string of the molecule is [B][n+]1c[n+]2c3c4c(cccc4c4cccnc4n31)C2. The molecule has 86 valence electrons. The highest BCUT2D eigenvalue weighted by molar-refractivity contribution is 6.11. The smallest absolute Gasteiger partial charge is 0.233 e. The lowest BCUT2D eigenvalue weighted by atomic mass is 10.0. The lowest BCUT2D eigenvalue weighted by Crippen LogP contribution is -2.40. The van der Waals surface area contributed by atoms with Crippen LogP contribution in [0.5, 0.6) is 0 Å². The van der Waals surface area contributed by atoms with Crippen molar-refractivity contribution in [3.8, 4) is 0 Å². The molecule has 3 aromatic heterocycles. The number of nitrogens with zero attached hydrogens (tertiary/aromatic N) is 4. The summed E-state index contributed by atoms with van der Waals surface area (Å²) in [5.41, 5.74) is 3.36. The average molecular weight is 244 g/mol. The highest BCUT2D eigenvalue weighted by atomic mass is 15.4. The van der Waals surface area contributed by atoms with Gasteiger partial charge in [0, 0.05) is 22.5 Å². The number of pyridine rings is 2. The van der Waals surface area contributed by atoms with Crippen LogP contribution in [0.2, 0.25) is 0 Å². The molecule has 0 saturated carbocycles. The van der Waals surface area contributed by atoms with Crippen LogP contribution in [0.25, 0.3) is 27.5 Å². The Balaban J connectivity index is 2.29. The molecule has 2 radical (unpaired) electrons. The minimum atomic E-state index is 0.872. The van der Waals surface area contributed by atoms with Crippen LogP contribution in [0.3, 0.4) is 0 Å². The van der Waals surface area contributed by atoms with E-state index < -0.39 is 0 Å². The molecule has 0 amide bonds. The summed E-state index contributed by atoms with van der Waals surface area (Å²) in [6.45, 7) is 0.872. The van der Waals surface area contributed by atoms with Gasteiger partial charge in [0.25, 0.3) is 0 Å². The molecule has 4 heterocycles. The second-order valence-corrected chi connectivity index (χ2v) is 4.97. The van der Waals surface area contributed by atoms with E-state index >= 15 is 0 Å². The number of rotatable bonds is 0. The fourth-order valence-corrected chi connectivity index (χ4v) is 3.23. The van der Waals surface area contributed by atoms with Crippen LogP contribution < -0.4 is 9.16 Å². The number of hydrogen-bond acceptors (Lipinski definition) is 1. The van der Waals surface area contributed by atoms with Crippen LogP contribution in [-0.4, -0.2) is 17.5 Å². The Bertz CT molecular complexity index is 992. The maximum Gasteiger partial charge on any atom is 0.621 e. The first kappa shape index (κ1) is 9.50. The van der Waals surface area contributed by atoms with E-state index in [0.29, 0.717) is 0 Å². The minimum absolute atomic E-state index is 0.872. The van der Waals surface area contributed by atoms with Gasteiger partial charge in [0.1, 0.15) is 0 Å². The summed E-state index contributed by atoms with van der Waals surface area (Å²) < 4.78 is 5.76. The maximum atomic E-state index is 6.08. The van der Waals surface area contributed by atoms with Gasteiger partial charge in [-0.25, -0.2) is 4.98 Å². The van der Waals surface area contributed by atoms with Crippen LogP contribution >= 0.6 is 0 Å². The van der Waals surface area contributed by atoms with Crippen molar-refractivity contribution < 1.29 is 9.16 Å². The zero-order chi connectivity index (χ0) is 12.6. The van der Waals surface area contributed by atoms with Gasteiger partial charge in [0.2, 0.25) is 5.65 Å². The third-order valence-corrected chi connectivity index (χ3v) is 3.95. The topological polar surface area (TPSA) is 25.1 Å². The van der Waals surface area contributed by atoms with Crippen molar-refractivity contribution in [3.63, 3.8) is 0 Å². The van der Waals surface area contributed by atoms with Crippen LogP contribution in [0.4, 0.5) is 0 Å². The van der Waals surface area contributed by atoms with E-state index in [1.165, 1.54) is 16.3 Å². The van der Waals surface area contributed by atoms with Gasteiger partial charge in [-0.15, -0.1) is 9.16 Å². The molecule has 0 fully saturated rings. The molecule has 1 aliphatic rings. The van der Waals surface area contributed by atoms with Gasteiger partial charge in [0.15, 0.2) is 6.54 Å². The zero-order valence-electron chi connectivity index (χ0n) is 10.1. The lowest BCUT2D eigenvalue weighted by Gasteiger charge is -2.02. The van der Waals surface area contributed by atoms with Crippen LogP contribution in [-0.2, 0) is 6.54 Å². The Morgan fingerprint density at radius 1 is 1.16 bits per heavy atom. The van der Waals surface area contributed by atoms with Crippen molar-refractivity contribution in [2.45, 2.75) is 6.54 Å². The van der Waals surface area contributed by atoms with Crippen molar-refractivity contribution >= 4 is 35.4 Å². The van der Waals surface area contributed by atoms with E-state index in [9.17, 15) is 0 Å². The number of hydrogen-bond donors (Lipinski definition) is 0. The van der Waals surface area contributed by atoms with Crippen LogP contribution in [0.1, 0.15) is 5.56 Å². The molecule has 0 bridgehead atoms. The zero-order valence-corrected chi connectivity index (χ0v) is 10.1. The summed E-state index contributed by atoms with van der Waals surface area (Å²) in [6, 6.07) is 10.5. The summed E-state index contributed by atoms with van der Waals surface area (Å²) in [7, 11) is 6.08. The van der Waals surface area contributed by atoms with Crippen molar-refractivity contribution in [1.82, 2.24) is 9.50 Å². The van der Waals surface area contributed by atoms with Crippen LogP contribution in [0, 0.1) is 0 Å². The van der Waals surface area contributed by atoms with Gasteiger partial charge >= 0.3 is 20.0 Å². The molecule has 4 aromatic rings. The minimum Gasteiger partial charge on any atom is -0.233 e. The van der Waals surface area contributed by atoms with Crippen LogP contribution in [0.15, 0.2) is 42.9 Å². The molecule has 0 aliphatic carbocycles. The Hall–Kier alpha value is -2.43. The largest absolute Gasteiger partial charge is 0.621 e. The van der Waals surface area contributed by atoms with Gasteiger partial charge in [-0.1, -0.05) is 22.7 Å². The van der Waals surface area contributed by atoms with Crippen molar-refractivity contribution in [2.24, 2.45) is 0 Å². The molecule has 5 rings (SSSR count). The van der Waals surface area contributed by atoms with Gasteiger partial charge in [0.05, 0.1) is 5.39 Å². The predicted molar refractivity (Wildman–Crippen MR) is 70.8 cm³/mol. The van der Waals surface area contributed by atoms with Gasteiger partial charge < -0.3 is 0 Å². The third kappa shape index (κ3) is 0.964. The summed E-state index contributed by atoms with van der Waals surface area (Å²) in [5.74, 6) is 0. The summed E-state index contributed by atoms with van der Waals surface area (Å²) in [4.78, 5) is 4.51. The number of aromatic nitrogens is 4.